The minimum atomic E-state index is -4.40. The van der Waals surface area contributed by atoms with Crippen molar-refractivity contribution in [3.8, 4) is 11.1 Å². The van der Waals surface area contributed by atoms with Crippen LogP contribution in [0.15, 0.2) is 72.8 Å². The van der Waals surface area contributed by atoms with Gasteiger partial charge in [-0.3, -0.25) is 4.79 Å². The molecule has 0 aliphatic carbocycles. The molecule has 3 aromatic rings. The normalized spacial score (nSPS) is 17.3. The molecular weight excluding hydrogens is 463 g/mol. The number of hydrogen-bond donors (Lipinski definition) is 1. The number of halogens is 3. The third kappa shape index (κ3) is 6.10. The lowest BCUT2D eigenvalue weighted by atomic mass is 9.83. The molecule has 0 aromatic heterocycles. The summed E-state index contributed by atoms with van der Waals surface area (Å²) in [5.41, 5.74) is 3.61. The standard InChI is InChI=1S/C30H32F3NO2/c1-20(2)15-28(29(35)36)25-17-23(21-10-12-26(13-11-21)30(31,32)33)16-24(18-25)22-7-6-14-34(19-22)27-8-4-3-5-9-27/h3-5,8-13,16-18,20,22,28H,6-7,14-15,19H2,1-2H3,(H,35,36)/t22?,28-/m0/s1. The van der Waals surface area contributed by atoms with Gasteiger partial charge in [-0.2, -0.15) is 13.2 Å². The Bertz CT molecular complexity index is 1170. The quantitative estimate of drug-likeness (QED) is 0.361. The first-order valence-corrected chi connectivity index (χ1v) is 12.5. The van der Waals surface area contributed by atoms with Gasteiger partial charge in [-0.1, -0.05) is 62.4 Å². The van der Waals surface area contributed by atoms with Crippen LogP contribution in [-0.2, 0) is 11.0 Å². The highest BCUT2D eigenvalue weighted by atomic mass is 19.4. The third-order valence-electron chi connectivity index (χ3n) is 6.94. The van der Waals surface area contributed by atoms with Gasteiger partial charge in [0.15, 0.2) is 0 Å². The second-order valence-electron chi connectivity index (χ2n) is 10.1. The molecule has 1 aliphatic heterocycles. The molecular formula is C30H32F3NO2. The SMILES string of the molecule is CC(C)C[C@H](C(=O)O)c1cc(-c2ccc(C(F)(F)F)cc2)cc(C2CCCN(c3ccccc3)C2)c1. The number of carboxylic acids is 1. The van der Waals surface area contributed by atoms with Crippen LogP contribution in [-0.4, -0.2) is 24.2 Å². The van der Waals surface area contributed by atoms with Crippen molar-refractivity contribution in [2.45, 2.75) is 51.1 Å². The Labute approximate surface area is 210 Å². The van der Waals surface area contributed by atoms with Crippen molar-refractivity contribution in [2.24, 2.45) is 5.92 Å². The predicted octanol–water partition coefficient (Wildman–Crippen LogP) is 7.97. The van der Waals surface area contributed by atoms with Crippen molar-refractivity contribution >= 4 is 11.7 Å². The summed E-state index contributed by atoms with van der Waals surface area (Å²) in [6.07, 6.45) is -1.93. The molecule has 2 atom stereocenters. The zero-order valence-electron chi connectivity index (χ0n) is 20.6. The summed E-state index contributed by atoms with van der Waals surface area (Å²) < 4.78 is 39.3. The molecule has 1 aliphatic rings. The van der Waals surface area contributed by atoms with Crippen molar-refractivity contribution in [3.05, 3.63) is 89.5 Å². The third-order valence-corrected chi connectivity index (χ3v) is 6.94. The zero-order valence-corrected chi connectivity index (χ0v) is 20.6. The highest BCUT2D eigenvalue weighted by Gasteiger charge is 2.30. The van der Waals surface area contributed by atoms with Crippen LogP contribution in [0, 0.1) is 5.92 Å². The number of piperidine rings is 1. The zero-order chi connectivity index (χ0) is 25.9. The molecule has 0 spiro atoms. The Kier molecular flexibility index (Phi) is 7.72. The molecule has 6 heteroatoms. The van der Waals surface area contributed by atoms with Crippen molar-refractivity contribution in [1.82, 2.24) is 0 Å². The molecule has 1 N–H and O–H groups in total. The number of aliphatic carboxylic acids is 1. The first-order valence-electron chi connectivity index (χ1n) is 12.5. The number of benzene rings is 3. The Hall–Kier alpha value is -3.28. The van der Waals surface area contributed by atoms with Gasteiger partial charge in [0.1, 0.15) is 0 Å². The maximum atomic E-state index is 13.1. The number of nitrogens with zero attached hydrogens (tertiary/aromatic N) is 1. The lowest BCUT2D eigenvalue weighted by molar-refractivity contribution is -0.139. The van der Waals surface area contributed by atoms with Crippen molar-refractivity contribution in [3.63, 3.8) is 0 Å². The Morgan fingerprint density at radius 1 is 1.00 bits per heavy atom. The molecule has 0 radical (unpaired) electrons. The summed E-state index contributed by atoms with van der Waals surface area (Å²) in [7, 11) is 0. The lowest BCUT2D eigenvalue weighted by Gasteiger charge is -2.35. The van der Waals surface area contributed by atoms with Crippen molar-refractivity contribution in [2.75, 3.05) is 18.0 Å². The smallest absolute Gasteiger partial charge is 0.416 e. The van der Waals surface area contributed by atoms with E-state index < -0.39 is 23.6 Å². The fourth-order valence-electron chi connectivity index (χ4n) is 5.11. The van der Waals surface area contributed by atoms with E-state index in [0.717, 1.165) is 54.9 Å². The second kappa shape index (κ2) is 10.8. The first-order chi connectivity index (χ1) is 17.1. The predicted molar refractivity (Wildman–Crippen MR) is 137 cm³/mol. The van der Waals surface area contributed by atoms with Gasteiger partial charge in [-0.25, -0.2) is 0 Å². The molecule has 1 saturated heterocycles. The summed E-state index contributed by atoms with van der Waals surface area (Å²) in [5.74, 6) is -1.17. The topological polar surface area (TPSA) is 40.5 Å². The molecule has 36 heavy (non-hydrogen) atoms. The summed E-state index contributed by atoms with van der Waals surface area (Å²) in [6, 6.07) is 21.2. The molecule has 0 bridgehead atoms. The van der Waals surface area contributed by atoms with E-state index in [1.54, 1.807) is 0 Å². The highest BCUT2D eigenvalue weighted by molar-refractivity contribution is 5.78. The van der Waals surface area contributed by atoms with Gasteiger partial charge in [0.05, 0.1) is 11.5 Å². The van der Waals surface area contributed by atoms with Crippen LogP contribution >= 0.6 is 0 Å². The molecule has 0 saturated carbocycles. The maximum Gasteiger partial charge on any atom is 0.416 e. The van der Waals surface area contributed by atoms with Gasteiger partial charge in [0.2, 0.25) is 0 Å². The summed E-state index contributed by atoms with van der Waals surface area (Å²) in [5, 5.41) is 10.0. The van der Waals surface area contributed by atoms with Gasteiger partial charge in [-0.15, -0.1) is 0 Å². The summed E-state index contributed by atoms with van der Waals surface area (Å²) in [6.45, 7) is 5.75. The van der Waals surface area contributed by atoms with Crippen molar-refractivity contribution in [1.29, 1.82) is 0 Å². The van der Waals surface area contributed by atoms with Crippen molar-refractivity contribution < 1.29 is 23.1 Å². The van der Waals surface area contributed by atoms with Gasteiger partial charge < -0.3 is 10.0 Å². The maximum absolute atomic E-state index is 13.1. The minimum absolute atomic E-state index is 0.188. The number of rotatable bonds is 7. The van der Waals surface area contributed by atoms with Crippen LogP contribution in [0.3, 0.4) is 0 Å². The molecule has 1 unspecified atom stereocenters. The van der Waals surface area contributed by atoms with Crippen LogP contribution in [0.5, 0.6) is 0 Å². The van der Waals surface area contributed by atoms with E-state index in [1.807, 2.05) is 50.2 Å². The van der Waals surface area contributed by atoms with E-state index in [4.69, 9.17) is 0 Å². The van der Waals surface area contributed by atoms with Crippen LogP contribution in [0.2, 0.25) is 0 Å². The average molecular weight is 496 g/mol. The molecule has 1 heterocycles. The fraction of sp³-hybridized carbons (Fsp3) is 0.367. The first kappa shape index (κ1) is 25.8. The minimum Gasteiger partial charge on any atom is -0.481 e. The van der Waals surface area contributed by atoms with E-state index in [9.17, 15) is 23.1 Å². The van der Waals surface area contributed by atoms with Crippen LogP contribution in [0.4, 0.5) is 18.9 Å². The number of para-hydroxylation sites is 1. The lowest BCUT2D eigenvalue weighted by Crippen LogP contribution is -2.34. The number of carbonyl (C=O) groups is 1. The van der Waals surface area contributed by atoms with Crippen LogP contribution in [0.1, 0.15) is 61.6 Å². The second-order valence-corrected chi connectivity index (χ2v) is 10.1. The van der Waals surface area contributed by atoms with Gasteiger partial charge >= 0.3 is 12.1 Å². The molecule has 3 nitrogen and oxygen atoms in total. The number of carboxylic acid groups (broad SMARTS) is 1. The summed E-state index contributed by atoms with van der Waals surface area (Å²) >= 11 is 0. The van der Waals surface area contributed by atoms with Gasteiger partial charge in [0.25, 0.3) is 0 Å². The highest BCUT2D eigenvalue weighted by Crippen LogP contribution is 2.37. The molecule has 1 fully saturated rings. The molecule has 0 amide bonds. The number of anilines is 1. The largest absolute Gasteiger partial charge is 0.481 e. The average Bonchev–Trinajstić information content (AvgIpc) is 2.87. The number of alkyl halides is 3. The fourth-order valence-corrected chi connectivity index (χ4v) is 5.11. The van der Waals surface area contributed by atoms with E-state index in [1.165, 1.54) is 12.1 Å². The number of hydrogen-bond acceptors (Lipinski definition) is 2. The van der Waals surface area contributed by atoms with E-state index in [0.29, 0.717) is 17.5 Å². The van der Waals surface area contributed by atoms with Gasteiger partial charge in [-0.05, 0) is 71.7 Å². The van der Waals surface area contributed by atoms with E-state index >= 15 is 0 Å². The Balaban J connectivity index is 1.74. The van der Waals surface area contributed by atoms with E-state index in [-0.39, 0.29) is 11.8 Å². The monoisotopic (exact) mass is 495 g/mol. The molecule has 3 aromatic carbocycles. The Morgan fingerprint density at radius 3 is 2.31 bits per heavy atom. The molecule has 190 valence electrons. The van der Waals surface area contributed by atoms with Crippen LogP contribution < -0.4 is 4.90 Å². The van der Waals surface area contributed by atoms with Crippen LogP contribution in [0.25, 0.3) is 11.1 Å². The molecule has 4 rings (SSSR count). The van der Waals surface area contributed by atoms with E-state index in [2.05, 4.69) is 17.0 Å². The Morgan fingerprint density at radius 2 is 1.69 bits per heavy atom. The van der Waals surface area contributed by atoms with Gasteiger partial charge in [0, 0.05) is 24.7 Å². The summed E-state index contributed by atoms with van der Waals surface area (Å²) in [4.78, 5) is 14.6.